The molecule has 3 saturated heterocycles. The molecule has 0 aromatic carbocycles. The number of nitrogens with one attached hydrogen (secondary N) is 1. The molecule has 122 valence electrons. The van der Waals surface area contributed by atoms with Gasteiger partial charge in [0.2, 0.25) is 0 Å². The molecule has 0 aliphatic carbocycles. The number of rotatable bonds is 3. The van der Waals surface area contributed by atoms with Gasteiger partial charge in [0.1, 0.15) is 0 Å². The second kappa shape index (κ2) is 6.52. The van der Waals surface area contributed by atoms with Crippen molar-refractivity contribution in [2.24, 2.45) is 11.8 Å². The molecule has 2 atom stereocenters. The number of piperidine rings is 2. The van der Waals surface area contributed by atoms with Gasteiger partial charge >= 0.3 is 0 Å². The minimum absolute atomic E-state index is 0.500. The molecule has 0 spiro atoms. The third kappa shape index (κ3) is 3.44. The Morgan fingerprint density at radius 1 is 0.952 bits per heavy atom. The van der Waals surface area contributed by atoms with Crippen LogP contribution in [-0.4, -0.2) is 55.8 Å². The second-order valence-corrected chi connectivity index (χ2v) is 8.98. The van der Waals surface area contributed by atoms with Crippen LogP contribution in [0.5, 0.6) is 0 Å². The highest BCUT2D eigenvalue weighted by Gasteiger charge is 2.37. The maximum atomic E-state index is 12.8. The van der Waals surface area contributed by atoms with E-state index in [1.165, 1.54) is 19.3 Å². The van der Waals surface area contributed by atoms with E-state index in [1.807, 2.05) is 0 Å². The first kappa shape index (κ1) is 15.7. The molecule has 3 aliphatic rings. The molecule has 0 aromatic heterocycles. The molecule has 0 aromatic rings. The Balaban J connectivity index is 1.64. The molecular weight excluding hydrogens is 286 g/mol. The molecule has 3 fully saturated rings. The zero-order valence-electron chi connectivity index (χ0n) is 13.1. The number of hydrogen-bond acceptors (Lipinski definition) is 3. The lowest BCUT2D eigenvalue weighted by atomic mass is 9.91. The van der Waals surface area contributed by atoms with Gasteiger partial charge in [0.15, 0.2) is 0 Å². The molecular formula is C15H29N3O2S. The first-order chi connectivity index (χ1) is 10.1. The van der Waals surface area contributed by atoms with Crippen molar-refractivity contribution in [1.29, 1.82) is 0 Å². The van der Waals surface area contributed by atoms with E-state index in [0.717, 1.165) is 25.8 Å². The van der Waals surface area contributed by atoms with Crippen LogP contribution in [0.1, 0.15) is 45.4 Å². The molecule has 1 N–H and O–H groups in total. The van der Waals surface area contributed by atoms with Crippen LogP contribution in [-0.2, 0) is 10.2 Å². The van der Waals surface area contributed by atoms with E-state index in [1.54, 1.807) is 8.61 Å². The summed E-state index contributed by atoms with van der Waals surface area (Å²) < 4.78 is 29.2. The minimum Gasteiger partial charge on any atom is -0.314 e. The topological polar surface area (TPSA) is 52.7 Å². The van der Waals surface area contributed by atoms with Gasteiger partial charge in [-0.2, -0.15) is 17.0 Å². The Bertz CT molecular complexity index is 440. The highest BCUT2D eigenvalue weighted by Crippen LogP contribution is 2.28. The summed E-state index contributed by atoms with van der Waals surface area (Å²) in [6, 6.07) is 0.532. The summed E-state index contributed by atoms with van der Waals surface area (Å²) >= 11 is 0. The van der Waals surface area contributed by atoms with Gasteiger partial charge in [0, 0.05) is 32.2 Å². The quantitative estimate of drug-likeness (QED) is 0.857. The molecule has 6 heteroatoms. The lowest BCUT2D eigenvalue weighted by molar-refractivity contribution is 0.203. The fourth-order valence-corrected chi connectivity index (χ4v) is 5.74. The van der Waals surface area contributed by atoms with Gasteiger partial charge in [0.25, 0.3) is 10.2 Å². The van der Waals surface area contributed by atoms with Crippen LogP contribution in [0.25, 0.3) is 0 Å². The molecule has 3 aliphatic heterocycles. The average molecular weight is 315 g/mol. The molecule has 0 bridgehead atoms. The molecule has 0 radical (unpaired) electrons. The Kier molecular flexibility index (Phi) is 4.88. The molecule has 21 heavy (non-hydrogen) atoms. The first-order valence-electron chi connectivity index (χ1n) is 8.56. The van der Waals surface area contributed by atoms with Crippen LogP contribution in [0.4, 0.5) is 0 Å². The van der Waals surface area contributed by atoms with Crippen molar-refractivity contribution in [3.63, 3.8) is 0 Å². The maximum absolute atomic E-state index is 12.8. The van der Waals surface area contributed by atoms with E-state index in [9.17, 15) is 8.42 Å². The Labute approximate surface area is 129 Å². The first-order valence-corrected chi connectivity index (χ1v) is 9.95. The highest BCUT2D eigenvalue weighted by molar-refractivity contribution is 7.86. The van der Waals surface area contributed by atoms with Crippen LogP contribution in [0, 0.1) is 11.8 Å². The summed E-state index contributed by atoms with van der Waals surface area (Å²) in [5.74, 6) is 1.16. The highest BCUT2D eigenvalue weighted by atomic mass is 32.2. The largest absolute Gasteiger partial charge is 0.314 e. The average Bonchev–Trinajstić information content (AvgIpc) is 3.02. The van der Waals surface area contributed by atoms with Crippen LogP contribution < -0.4 is 5.32 Å². The maximum Gasteiger partial charge on any atom is 0.281 e. The lowest BCUT2D eigenvalue weighted by Crippen LogP contribution is -2.52. The molecule has 3 heterocycles. The van der Waals surface area contributed by atoms with Crippen LogP contribution in [0.15, 0.2) is 0 Å². The Morgan fingerprint density at radius 3 is 2.38 bits per heavy atom. The van der Waals surface area contributed by atoms with Crippen molar-refractivity contribution in [3.05, 3.63) is 0 Å². The number of nitrogens with zero attached hydrogens (tertiary/aromatic N) is 2. The fraction of sp³-hybridized carbons (Fsp3) is 1.00. The molecule has 5 nitrogen and oxygen atoms in total. The Hall–Kier alpha value is -0.170. The fourth-order valence-electron chi connectivity index (χ4n) is 4.00. The van der Waals surface area contributed by atoms with Gasteiger partial charge in [-0.05, 0) is 56.9 Å². The van der Waals surface area contributed by atoms with Crippen molar-refractivity contribution in [2.45, 2.75) is 51.5 Å². The summed E-state index contributed by atoms with van der Waals surface area (Å²) in [7, 11) is -3.23. The van der Waals surface area contributed by atoms with Crippen molar-refractivity contribution in [1.82, 2.24) is 13.9 Å². The van der Waals surface area contributed by atoms with E-state index in [2.05, 4.69) is 12.2 Å². The SMILES string of the molecule is CC1CCN(S(=O)(=O)N2CCCC(C3CCCN3)C2)CC1. The zero-order valence-corrected chi connectivity index (χ0v) is 13.9. The van der Waals surface area contributed by atoms with E-state index >= 15 is 0 Å². The summed E-state index contributed by atoms with van der Waals surface area (Å²) in [4.78, 5) is 0. The van der Waals surface area contributed by atoms with Gasteiger partial charge in [-0.25, -0.2) is 0 Å². The zero-order chi connectivity index (χ0) is 14.9. The van der Waals surface area contributed by atoms with Crippen LogP contribution >= 0.6 is 0 Å². The van der Waals surface area contributed by atoms with Crippen molar-refractivity contribution in [3.8, 4) is 0 Å². The van der Waals surface area contributed by atoms with E-state index < -0.39 is 10.2 Å². The summed E-state index contributed by atoms with van der Waals surface area (Å²) in [5, 5.41) is 3.55. The molecule has 2 unspecified atom stereocenters. The second-order valence-electron chi connectivity index (χ2n) is 7.05. The summed E-state index contributed by atoms with van der Waals surface area (Å²) in [5.41, 5.74) is 0. The van der Waals surface area contributed by atoms with Crippen molar-refractivity contribution in [2.75, 3.05) is 32.7 Å². The Morgan fingerprint density at radius 2 is 1.71 bits per heavy atom. The van der Waals surface area contributed by atoms with Gasteiger partial charge in [-0.1, -0.05) is 6.92 Å². The minimum atomic E-state index is -3.23. The van der Waals surface area contributed by atoms with Gasteiger partial charge < -0.3 is 5.32 Å². The normalized spacial score (nSPS) is 34.3. The van der Waals surface area contributed by atoms with E-state index in [4.69, 9.17) is 0 Å². The van der Waals surface area contributed by atoms with Crippen LogP contribution in [0.2, 0.25) is 0 Å². The van der Waals surface area contributed by atoms with Gasteiger partial charge in [-0.15, -0.1) is 0 Å². The van der Waals surface area contributed by atoms with Gasteiger partial charge in [-0.3, -0.25) is 0 Å². The van der Waals surface area contributed by atoms with Crippen LogP contribution in [0.3, 0.4) is 0 Å². The van der Waals surface area contributed by atoms with Gasteiger partial charge in [0.05, 0.1) is 0 Å². The van der Waals surface area contributed by atoms with Crippen molar-refractivity contribution < 1.29 is 8.42 Å². The van der Waals surface area contributed by atoms with E-state index in [0.29, 0.717) is 44.1 Å². The third-order valence-electron chi connectivity index (χ3n) is 5.48. The monoisotopic (exact) mass is 315 g/mol. The van der Waals surface area contributed by atoms with Crippen molar-refractivity contribution >= 4 is 10.2 Å². The summed E-state index contributed by atoms with van der Waals surface area (Å²) in [6.45, 7) is 6.13. The predicted molar refractivity (Wildman–Crippen MR) is 84.2 cm³/mol. The third-order valence-corrected chi connectivity index (χ3v) is 7.49. The summed E-state index contributed by atoms with van der Waals surface area (Å²) in [6.07, 6.45) is 6.62. The number of hydrogen-bond donors (Lipinski definition) is 1. The van der Waals surface area contributed by atoms with E-state index in [-0.39, 0.29) is 0 Å². The standard InChI is InChI=1S/C15H29N3O2S/c1-13-6-10-17(11-7-13)21(19,20)18-9-3-4-14(12-18)15-5-2-8-16-15/h13-16H,2-12H2,1H3. The molecule has 0 amide bonds. The lowest BCUT2D eigenvalue weighted by Gasteiger charge is -2.39. The predicted octanol–water partition coefficient (Wildman–Crippen LogP) is 1.43. The molecule has 3 rings (SSSR count). The smallest absolute Gasteiger partial charge is 0.281 e. The molecule has 0 saturated carbocycles.